The molecule has 4 aromatic rings. The van der Waals surface area contributed by atoms with Gasteiger partial charge in [-0.2, -0.15) is 4.98 Å². The maximum atomic E-state index is 14.4. The van der Waals surface area contributed by atoms with E-state index in [1.807, 2.05) is 36.9 Å². The monoisotopic (exact) mass is 638 g/mol. The first kappa shape index (κ1) is 31.7. The van der Waals surface area contributed by atoms with Crippen molar-refractivity contribution in [3.63, 3.8) is 0 Å². The summed E-state index contributed by atoms with van der Waals surface area (Å²) in [6, 6.07) is 20.0. The van der Waals surface area contributed by atoms with E-state index in [2.05, 4.69) is 74.4 Å². The molecule has 0 saturated heterocycles. The van der Waals surface area contributed by atoms with Crippen LogP contribution >= 0.6 is 0 Å². The van der Waals surface area contributed by atoms with E-state index in [1.165, 1.54) is 12.1 Å². The Balaban J connectivity index is 1.64. The smallest absolute Gasteiger partial charge is 0.264 e. The van der Waals surface area contributed by atoms with Gasteiger partial charge in [-0.3, -0.25) is 4.79 Å². The summed E-state index contributed by atoms with van der Waals surface area (Å²) < 4.78 is 36.8. The SMILES string of the molecule is Cc1cccc(C)c1-c1cc2nc(n1)NS(=O)(=O)c1cccc(c1)C(=O)N1Cc3cc(C(C)(C)C)ccc3[C@H](O2)[C@H]1CC(C)(C)C. The van der Waals surface area contributed by atoms with Gasteiger partial charge >= 0.3 is 0 Å². The van der Waals surface area contributed by atoms with Gasteiger partial charge in [0.1, 0.15) is 6.10 Å². The minimum Gasteiger partial charge on any atom is -0.467 e. The molecule has 0 fully saturated rings. The third-order valence-corrected chi connectivity index (χ3v) is 10.1. The highest BCUT2D eigenvalue weighted by Gasteiger charge is 2.42. The van der Waals surface area contributed by atoms with Crippen LogP contribution in [-0.2, 0) is 22.0 Å². The van der Waals surface area contributed by atoms with Crippen molar-refractivity contribution < 1.29 is 17.9 Å². The number of anilines is 1. The number of aryl methyl sites for hydroxylation is 2. The Labute approximate surface area is 272 Å². The summed E-state index contributed by atoms with van der Waals surface area (Å²) in [5, 5.41) is 0. The lowest BCUT2D eigenvalue weighted by Crippen LogP contribution is -2.50. The molecular weight excluding hydrogens is 596 g/mol. The topological polar surface area (TPSA) is 101 Å². The lowest BCUT2D eigenvalue weighted by molar-refractivity contribution is 0.0173. The second-order valence-corrected chi connectivity index (χ2v) is 16.5. The van der Waals surface area contributed by atoms with Crippen molar-refractivity contribution >= 4 is 21.9 Å². The van der Waals surface area contributed by atoms with Crippen LogP contribution in [0.4, 0.5) is 5.95 Å². The molecule has 240 valence electrons. The summed E-state index contributed by atoms with van der Waals surface area (Å²) in [4.78, 5) is 25.6. The molecule has 6 rings (SSSR count). The number of fused-ring (bicyclic) bond motifs is 8. The van der Waals surface area contributed by atoms with Crippen molar-refractivity contribution in [1.29, 1.82) is 0 Å². The molecule has 2 aliphatic heterocycles. The van der Waals surface area contributed by atoms with Crippen molar-refractivity contribution in [2.45, 2.75) is 90.8 Å². The summed E-state index contributed by atoms with van der Waals surface area (Å²) in [6.45, 7) is 17.3. The molecule has 1 amide bonds. The van der Waals surface area contributed by atoms with E-state index in [9.17, 15) is 13.2 Å². The third kappa shape index (κ3) is 6.12. The second-order valence-electron chi connectivity index (χ2n) is 14.8. The minimum absolute atomic E-state index is 0.0440. The largest absolute Gasteiger partial charge is 0.467 e. The Kier molecular flexibility index (Phi) is 7.74. The molecule has 6 bridgehead atoms. The Bertz CT molecular complexity index is 1940. The average Bonchev–Trinajstić information content (AvgIpc) is 2.96. The molecular formula is C37H42N4O4S. The number of nitrogens with one attached hydrogen (secondary N) is 1. The average molecular weight is 639 g/mol. The van der Waals surface area contributed by atoms with Gasteiger partial charge in [0.2, 0.25) is 11.8 Å². The zero-order valence-electron chi connectivity index (χ0n) is 27.8. The van der Waals surface area contributed by atoms with Crippen LogP contribution in [0, 0.1) is 19.3 Å². The van der Waals surface area contributed by atoms with Crippen molar-refractivity contribution in [3.8, 4) is 17.1 Å². The number of carbonyl (C=O) groups is 1. The highest BCUT2D eigenvalue weighted by Crippen LogP contribution is 2.43. The summed E-state index contributed by atoms with van der Waals surface area (Å²) in [5.41, 5.74) is 6.58. The van der Waals surface area contributed by atoms with Gasteiger partial charge in [0.25, 0.3) is 15.9 Å². The number of ether oxygens (including phenoxy) is 1. The minimum atomic E-state index is -4.14. The van der Waals surface area contributed by atoms with E-state index in [1.54, 1.807) is 18.2 Å². The molecule has 0 unspecified atom stereocenters. The number of nitrogens with zero attached hydrogens (tertiary/aromatic N) is 3. The van der Waals surface area contributed by atoms with Crippen LogP contribution in [0.3, 0.4) is 0 Å². The first-order valence-electron chi connectivity index (χ1n) is 15.7. The van der Waals surface area contributed by atoms with E-state index in [4.69, 9.17) is 4.74 Å². The van der Waals surface area contributed by atoms with Gasteiger partial charge in [-0.05, 0) is 77.1 Å². The number of sulfonamides is 1. The molecule has 1 N–H and O–H groups in total. The highest BCUT2D eigenvalue weighted by molar-refractivity contribution is 7.92. The molecule has 8 nitrogen and oxygen atoms in total. The summed E-state index contributed by atoms with van der Waals surface area (Å²) in [7, 11) is -4.14. The predicted octanol–water partition coefficient (Wildman–Crippen LogP) is 7.75. The van der Waals surface area contributed by atoms with Crippen LogP contribution in [0.1, 0.15) is 92.2 Å². The van der Waals surface area contributed by atoms with Crippen molar-refractivity contribution in [2.75, 3.05) is 4.72 Å². The van der Waals surface area contributed by atoms with Gasteiger partial charge in [-0.1, -0.05) is 84.0 Å². The Morgan fingerprint density at radius 3 is 2.28 bits per heavy atom. The van der Waals surface area contributed by atoms with E-state index < -0.39 is 16.1 Å². The molecule has 46 heavy (non-hydrogen) atoms. The van der Waals surface area contributed by atoms with Crippen molar-refractivity contribution in [2.24, 2.45) is 5.41 Å². The fourth-order valence-electron chi connectivity index (χ4n) is 6.52. The third-order valence-electron chi connectivity index (χ3n) is 8.79. The molecule has 0 saturated carbocycles. The van der Waals surface area contributed by atoms with Crippen LogP contribution in [0.5, 0.6) is 5.88 Å². The summed E-state index contributed by atoms with van der Waals surface area (Å²) in [5.74, 6) is -0.130. The zero-order valence-corrected chi connectivity index (χ0v) is 28.6. The van der Waals surface area contributed by atoms with Gasteiger partial charge in [-0.25, -0.2) is 18.1 Å². The number of aromatic nitrogens is 2. The van der Waals surface area contributed by atoms with Crippen LogP contribution in [-0.4, -0.2) is 35.2 Å². The predicted molar refractivity (Wildman–Crippen MR) is 180 cm³/mol. The lowest BCUT2D eigenvalue weighted by Gasteiger charge is -2.44. The molecule has 2 aliphatic rings. The molecule has 0 spiro atoms. The summed E-state index contributed by atoms with van der Waals surface area (Å²) >= 11 is 0. The molecule has 0 radical (unpaired) electrons. The number of benzene rings is 3. The van der Waals surface area contributed by atoms with Crippen molar-refractivity contribution in [3.05, 3.63) is 100 Å². The van der Waals surface area contributed by atoms with Gasteiger partial charge < -0.3 is 9.64 Å². The molecule has 3 heterocycles. The summed E-state index contributed by atoms with van der Waals surface area (Å²) in [6.07, 6.45) is 0.0667. The van der Waals surface area contributed by atoms with Gasteiger partial charge in [0.15, 0.2) is 0 Å². The van der Waals surface area contributed by atoms with Gasteiger partial charge in [0.05, 0.1) is 16.6 Å². The van der Waals surface area contributed by atoms with Gasteiger partial charge in [0, 0.05) is 23.7 Å². The Morgan fingerprint density at radius 2 is 1.61 bits per heavy atom. The first-order valence-corrected chi connectivity index (χ1v) is 17.2. The number of carbonyl (C=O) groups excluding carboxylic acids is 1. The zero-order chi connectivity index (χ0) is 33.2. The van der Waals surface area contributed by atoms with Gasteiger partial charge in [-0.15, -0.1) is 0 Å². The standard InChI is InChI=1S/C37H42N4O4S/c1-22-11-9-12-23(2)32(22)29-19-31-39-35(38-29)40-46(43,44)27-14-10-13-24(18-27)34(42)41-21-25-17-26(37(6,7)8)15-16-28(25)33(45-31)30(41)20-36(3,4)5/h9-19,30,33H,20-21H2,1-8H3,(H,38,39,40)/t30-,33+/m1/s1. The molecule has 2 atom stereocenters. The number of hydrogen-bond donors (Lipinski definition) is 1. The first-order chi connectivity index (χ1) is 21.5. The van der Waals surface area contributed by atoms with Crippen LogP contribution in [0.2, 0.25) is 0 Å². The quantitative estimate of drug-likeness (QED) is 0.241. The molecule has 1 aromatic heterocycles. The number of rotatable bonds is 2. The Morgan fingerprint density at radius 1 is 0.913 bits per heavy atom. The number of amides is 1. The van der Waals surface area contributed by atoms with E-state index in [0.717, 1.165) is 33.4 Å². The van der Waals surface area contributed by atoms with Crippen LogP contribution in [0.15, 0.2) is 71.6 Å². The molecule has 3 aromatic carbocycles. The van der Waals surface area contributed by atoms with E-state index in [-0.39, 0.29) is 39.5 Å². The fraction of sp³-hybridized carbons (Fsp3) is 0.378. The molecule has 0 aliphatic carbocycles. The lowest BCUT2D eigenvalue weighted by atomic mass is 9.78. The fourth-order valence-corrected chi connectivity index (χ4v) is 7.51. The normalized spacial score (nSPS) is 19.1. The maximum absolute atomic E-state index is 14.4. The second kappa shape index (κ2) is 11.2. The highest BCUT2D eigenvalue weighted by atomic mass is 32.2. The van der Waals surface area contributed by atoms with Crippen LogP contribution in [0.25, 0.3) is 11.3 Å². The maximum Gasteiger partial charge on any atom is 0.264 e. The number of hydrogen-bond acceptors (Lipinski definition) is 6. The van der Waals surface area contributed by atoms with E-state index in [0.29, 0.717) is 24.2 Å². The van der Waals surface area contributed by atoms with Crippen LogP contribution < -0.4 is 9.46 Å². The Hall–Kier alpha value is -4.24. The van der Waals surface area contributed by atoms with Crippen molar-refractivity contribution in [1.82, 2.24) is 14.9 Å². The molecule has 9 heteroatoms. The van der Waals surface area contributed by atoms with E-state index >= 15 is 0 Å².